The Kier molecular flexibility index (Phi) is 6.37. The molecular formula is C23H26N2O. The molecule has 1 heterocycles. The van der Waals surface area contributed by atoms with E-state index in [9.17, 15) is 4.79 Å². The number of aromatic nitrogens is 1. The highest BCUT2D eigenvalue weighted by molar-refractivity contribution is 5.98. The third kappa shape index (κ3) is 4.48. The van der Waals surface area contributed by atoms with Crippen molar-refractivity contribution < 1.29 is 4.79 Å². The summed E-state index contributed by atoms with van der Waals surface area (Å²) in [5.41, 5.74) is 2.99. The van der Waals surface area contributed by atoms with E-state index in [4.69, 9.17) is 0 Å². The van der Waals surface area contributed by atoms with Crippen LogP contribution in [0, 0.1) is 0 Å². The number of rotatable bonds is 8. The van der Waals surface area contributed by atoms with Crippen LogP contribution in [0.4, 0.5) is 0 Å². The first kappa shape index (κ1) is 18.1. The van der Waals surface area contributed by atoms with Crippen LogP contribution in [0.25, 0.3) is 21.9 Å². The van der Waals surface area contributed by atoms with Crippen molar-refractivity contribution in [2.24, 2.45) is 0 Å². The molecule has 0 aliphatic carbocycles. The maximum atomic E-state index is 12.4. The van der Waals surface area contributed by atoms with Gasteiger partial charge in [0, 0.05) is 23.7 Å². The van der Waals surface area contributed by atoms with E-state index in [1.165, 1.54) is 19.3 Å². The zero-order chi connectivity index (χ0) is 18.2. The van der Waals surface area contributed by atoms with Crippen LogP contribution in [-0.2, 0) is 11.2 Å². The molecule has 0 atom stereocenters. The van der Waals surface area contributed by atoms with E-state index in [2.05, 4.69) is 41.5 Å². The molecule has 0 spiro atoms. The van der Waals surface area contributed by atoms with Crippen LogP contribution >= 0.6 is 0 Å². The second-order valence-electron chi connectivity index (χ2n) is 6.62. The molecule has 1 N–H and O–H groups in total. The molecule has 0 fully saturated rings. The van der Waals surface area contributed by atoms with Crippen LogP contribution < -0.4 is 5.32 Å². The summed E-state index contributed by atoms with van der Waals surface area (Å²) in [5.74, 6) is 0.0430. The lowest BCUT2D eigenvalue weighted by atomic mass is 9.96. The molecule has 0 saturated heterocycles. The highest BCUT2D eigenvalue weighted by atomic mass is 16.1. The first-order valence-electron chi connectivity index (χ1n) is 9.48. The SMILES string of the molecule is CCCCCCNC(=O)Cc1ncc2ccccc2c1-c1ccccc1. The highest BCUT2D eigenvalue weighted by Gasteiger charge is 2.14. The molecule has 26 heavy (non-hydrogen) atoms. The summed E-state index contributed by atoms with van der Waals surface area (Å²) in [6.45, 7) is 2.93. The van der Waals surface area contributed by atoms with Gasteiger partial charge in [0.1, 0.15) is 0 Å². The van der Waals surface area contributed by atoms with Crippen molar-refractivity contribution >= 4 is 16.7 Å². The van der Waals surface area contributed by atoms with Crippen molar-refractivity contribution in [1.82, 2.24) is 10.3 Å². The fourth-order valence-corrected chi connectivity index (χ4v) is 3.26. The maximum absolute atomic E-state index is 12.4. The lowest BCUT2D eigenvalue weighted by Gasteiger charge is -2.13. The van der Waals surface area contributed by atoms with E-state index in [0.29, 0.717) is 6.42 Å². The molecule has 0 unspecified atom stereocenters. The summed E-state index contributed by atoms with van der Waals surface area (Å²) < 4.78 is 0. The summed E-state index contributed by atoms with van der Waals surface area (Å²) in [6, 6.07) is 18.4. The van der Waals surface area contributed by atoms with E-state index in [0.717, 1.165) is 40.6 Å². The molecular weight excluding hydrogens is 320 g/mol. The van der Waals surface area contributed by atoms with Gasteiger partial charge in [0.15, 0.2) is 0 Å². The molecule has 134 valence electrons. The molecule has 2 aromatic carbocycles. The van der Waals surface area contributed by atoms with Crippen LogP contribution in [0.5, 0.6) is 0 Å². The van der Waals surface area contributed by atoms with E-state index in [1.807, 2.05) is 36.5 Å². The van der Waals surface area contributed by atoms with E-state index in [-0.39, 0.29) is 5.91 Å². The highest BCUT2D eigenvalue weighted by Crippen LogP contribution is 2.31. The standard InChI is InChI=1S/C23H26N2O/c1-2-3-4-10-15-24-22(26)16-21-23(18-11-6-5-7-12-18)20-14-9-8-13-19(20)17-25-21/h5-9,11-14,17H,2-4,10,15-16H2,1H3,(H,24,26). The Bertz CT molecular complexity index is 858. The predicted octanol–water partition coefficient (Wildman–Crippen LogP) is 5.14. The lowest BCUT2D eigenvalue weighted by Crippen LogP contribution is -2.26. The van der Waals surface area contributed by atoms with E-state index < -0.39 is 0 Å². The number of nitrogens with zero attached hydrogens (tertiary/aromatic N) is 1. The van der Waals surface area contributed by atoms with Gasteiger partial charge >= 0.3 is 0 Å². The van der Waals surface area contributed by atoms with Gasteiger partial charge in [-0.1, -0.05) is 80.8 Å². The topological polar surface area (TPSA) is 42.0 Å². The van der Waals surface area contributed by atoms with Crippen molar-refractivity contribution in [2.45, 2.75) is 39.0 Å². The number of unbranched alkanes of at least 4 members (excludes halogenated alkanes) is 3. The molecule has 3 nitrogen and oxygen atoms in total. The number of nitrogens with one attached hydrogen (secondary N) is 1. The van der Waals surface area contributed by atoms with Gasteiger partial charge in [-0.25, -0.2) is 0 Å². The summed E-state index contributed by atoms with van der Waals surface area (Å²) in [5, 5.41) is 5.27. The number of amides is 1. The average molecular weight is 346 g/mol. The van der Waals surface area contributed by atoms with Crippen LogP contribution in [0.3, 0.4) is 0 Å². The van der Waals surface area contributed by atoms with Crippen LogP contribution in [0.2, 0.25) is 0 Å². The first-order chi connectivity index (χ1) is 12.8. The molecule has 1 aromatic heterocycles. The molecule has 0 aliphatic rings. The molecule has 0 bridgehead atoms. The Labute approximate surface area is 155 Å². The minimum atomic E-state index is 0.0430. The monoisotopic (exact) mass is 346 g/mol. The van der Waals surface area contributed by atoms with Gasteiger partial charge < -0.3 is 5.32 Å². The molecule has 0 aliphatic heterocycles. The Hall–Kier alpha value is -2.68. The number of hydrogen-bond donors (Lipinski definition) is 1. The smallest absolute Gasteiger partial charge is 0.226 e. The van der Waals surface area contributed by atoms with Gasteiger partial charge in [0.2, 0.25) is 5.91 Å². The maximum Gasteiger partial charge on any atom is 0.226 e. The van der Waals surface area contributed by atoms with Crippen molar-refractivity contribution in [3.63, 3.8) is 0 Å². The number of carbonyl (C=O) groups excluding carboxylic acids is 1. The second-order valence-corrected chi connectivity index (χ2v) is 6.62. The number of fused-ring (bicyclic) bond motifs is 1. The molecule has 0 saturated carbocycles. The van der Waals surface area contributed by atoms with Crippen LogP contribution in [-0.4, -0.2) is 17.4 Å². The molecule has 1 amide bonds. The Morgan fingerprint density at radius 2 is 1.73 bits per heavy atom. The lowest BCUT2D eigenvalue weighted by molar-refractivity contribution is -0.120. The third-order valence-electron chi connectivity index (χ3n) is 4.62. The average Bonchev–Trinajstić information content (AvgIpc) is 2.68. The minimum Gasteiger partial charge on any atom is -0.356 e. The summed E-state index contributed by atoms with van der Waals surface area (Å²) in [7, 11) is 0. The zero-order valence-electron chi connectivity index (χ0n) is 15.4. The Morgan fingerprint density at radius 3 is 2.54 bits per heavy atom. The molecule has 3 rings (SSSR count). The van der Waals surface area contributed by atoms with Gasteiger partial charge in [-0.05, 0) is 17.4 Å². The molecule has 3 heteroatoms. The Balaban J connectivity index is 1.83. The predicted molar refractivity (Wildman–Crippen MR) is 108 cm³/mol. The van der Waals surface area contributed by atoms with Crippen molar-refractivity contribution in [2.75, 3.05) is 6.54 Å². The van der Waals surface area contributed by atoms with Gasteiger partial charge in [-0.15, -0.1) is 0 Å². The van der Waals surface area contributed by atoms with E-state index >= 15 is 0 Å². The number of benzene rings is 2. The quantitative estimate of drug-likeness (QED) is 0.574. The molecule has 0 radical (unpaired) electrons. The number of pyridine rings is 1. The van der Waals surface area contributed by atoms with Crippen molar-refractivity contribution in [3.8, 4) is 11.1 Å². The second kappa shape index (κ2) is 9.14. The third-order valence-corrected chi connectivity index (χ3v) is 4.62. The van der Waals surface area contributed by atoms with Gasteiger partial charge in [0.25, 0.3) is 0 Å². The largest absolute Gasteiger partial charge is 0.356 e. The summed E-state index contributed by atoms with van der Waals surface area (Å²) in [4.78, 5) is 17.0. The van der Waals surface area contributed by atoms with Crippen molar-refractivity contribution in [1.29, 1.82) is 0 Å². The first-order valence-corrected chi connectivity index (χ1v) is 9.48. The van der Waals surface area contributed by atoms with Gasteiger partial charge in [-0.3, -0.25) is 9.78 Å². The van der Waals surface area contributed by atoms with Crippen molar-refractivity contribution in [3.05, 3.63) is 66.5 Å². The molecule has 3 aromatic rings. The van der Waals surface area contributed by atoms with Crippen LogP contribution in [0.15, 0.2) is 60.8 Å². The number of carbonyl (C=O) groups is 1. The summed E-state index contributed by atoms with van der Waals surface area (Å²) in [6.07, 6.45) is 6.81. The zero-order valence-corrected chi connectivity index (χ0v) is 15.4. The van der Waals surface area contributed by atoms with E-state index in [1.54, 1.807) is 0 Å². The number of hydrogen-bond acceptors (Lipinski definition) is 2. The van der Waals surface area contributed by atoms with Gasteiger partial charge in [-0.2, -0.15) is 0 Å². The van der Waals surface area contributed by atoms with Crippen LogP contribution in [0.1, 0.15) is 38.3 Å². The fourth-order valence-electron chi connectivity index (χ4n) is 3.26. The van der Waals surface area contributed by atoms with Gasteiger partial charge in [0.05, 0.1) is 12.1 Å². The summed E-state index contributed by atoms with van der Waals surface area (Å²) >= 11 is 0. The fraction of sp³-hybridized carbons (Fsp3) is 0.304. The minimum absolute atomic E-state index is 0.0430. The normalized spacial score (nSPS) is 10.8. The Morgan fingerprint density at radius 1 is 0.962 bits per heavy atom.